The van der Waals surface area contributed by atoms with Crippen molar-refractivity contribution >= 4 is 5.84 Å². The Morgan fingerprint density at radius 2 is 2.00 bits per heavy atom. The van der Waals surface area contributed by atoms with Crippen LogP contribution in [0.1, 0.15) is 50.7 Å². The van der Waals surface area contributed by atoms with Gasteiger partial charge in [-0.2, -0.15) is 0 Å². The molecule has 4 heteroatoms. The molecule has 0 aliphatic heterocycles. The molecule has 0 heterocycles. The summed E-state index contributed by atoms with van der Waals surface area (Å²) in [5, 5.41) is 11.8. The van der Waals surface area contributed by atoms with Crippen LogP contribution in [-0.4, -0.2) is 17.6 Å². The smallest absolute Gasteiger partial charge is 0.144 e. The molecule has 1 aromatic rings. The molecule has 0 aromatic heterocycles. The van der Waals surface area contributed by atoms with Crippen molar-refractivity contribution in [3.05, 3.63) is 29.3 Å². The van der Waals surface area contributed by atoms with Gasteiger partial charge in [-0.15, -0.1) is 0 Å². The topological polar surface area (TPSA) is 67.8 Å². The summed E-state index contributed by atoms with van der Waals surface area (Å²) in [5.41, 5.74) is 8.30. The Balaban J connectivity index is 1.81. The first-order chi connectivity index (χ1) is 10.0. The Morgan fingerprint density at radius 1 is 1.29 bits per heavy atom. The molecule has 2 rings (SSSR count). The van der Waals surface area contributed by atoms with Gasteiger partial charge < -0.3 is 15.7 Å². The Labute approximate surface area is 127 Å². The SMILES string of the molecule is CC(C)(CCCOc1ccc2c(c1)CCCC2)C(N)=NO. The maximum absolute atomic E-state index is 8.75. The first-order valence-corrected chi connectivity index (χ1v) is 7.75. The average molecular weight is 290 g/mol. The number of hydrogen-bond donors (Lipinski definition) is 2. The molecule has 1 aromatic carbocycles. The van der Waals surface area contributed by atoms with Gasteiger partial charge in [0.1, 0.15) is 11.6 Å². The molecule has 4 nitrogen and oxygen atoms in total. The summed E-state index contributed by atoms with van der Waals surface area (Å²) in [4.78, 5) is 0. The van der Waals surface area contributed by atoms with E-state index < -0.39 is 0 Å². The van der Waals surface area contributed by atoms with E-state index in [1.165, 1.54) is 36.8 Å². The van der Waals surface area contributed by atoms with Crippen LogP contribution in [-0.2, 0) is 12.8 Å². The molecule has 3 N–H and O–H groups in total. The van der Waals surface area contributed by atoms with Gasteiger partial charge in [0.05, 0.1) is 6.61 Å². The lowest BCUT2D eigenvalue weighted by molar-refractivity contribution is 0.277. The highest BCUT2D eigenvalue weighted by Crippen LogP contribution is 2.26. The zero-order valence-corrected chi connectivity index (χ0v) is 13.1. The minimum atomic E-state index is -0.298. The number of rotatable bonds is 6. The normalized spacial score (nSPS) is 15.6. The molecule has 0 spiro atoms. The molecule has 0 bridgehead atoms. The second kappa shape index (κ2) is 6.83. The van der Waals surface area contributed by atoms with Crippen LogP contribution in [0.3, 0.4) is 0 Å². The van der Waals surface area contributed by atoms with Crippen LogP contribution in [0.4, 0.5) is 0 Å². The molecule has 0 fully saturated rings. The van der Waals surface area contributed by atoms with Gasteiger partial charge in [0.15, 0.2) is 0 Å². The lowest BCUT2D eigenvalue weighted by Gasteiger charge is -2.22. The molecular formula is C17H26N2O2. The van der Waals surface area contributed by atoms with Crippen molar-refractivity contribution in [3.8, 4) is 5.75 Å². The van der Waals surface area contributed by atoms with E-state index >= 15 is 0 Å². The van der Waals surface area contributed by atoms with Crippen LogP contribution in [0.25, 0.3) is 0 Å². The Kier molecular flexibility index (Phi) is 5.10. The monoisotopic (exact) mass is 290 g/mol. The largest absolute Gasteiger partial charge is 0.494 e. The number of hydrogen-bond acceptors (Lipinski definition) is 3. The fraction of sp³-hybridized carbons (Fsp3) is 0.588. The van der Waals surface area contributed by atoms with Crippen LogP contribution < -0.4 is 10.5 Å². The van der Waals surface area contributed by atoms with Crippen LogP contribution in [0.15, 0.2) is 23.4 Å². The van der Waals surface area contributed by atoms with E-state index in [1.807, 2.05) is 13.8 Å². The lowest BCUT2D eigenvalue weighted by Crippen LogP contribution is -2.32. The van der Waals surface area contributed by atoms with Crippen LogP contribution >= 0.6 is 0 Å². The number of fused-ring (bicyclic) bond motifs is 1. The van der Waals surface area contributed by atoms with E-state index in [4.69, 9.17) is 15.7 Å². The summed E-state index contributed by atoms with van der Waals surface area (Å²) >= 11 is 0. The van der Waals surface area contributed by atoms with Gasteiger partial charge in [-0.25, -0.2) is 0 Å². The molecule has 1 aliphatic carbocycles. The van der Waals surface area contributed by atoms with E-state index in [2.05, 4.69) is 23.4 Å². The zero-order valence-electron chi connectivity index (χ0n) is 13.1. The second-order valence-corrected chi connectivity index (χ2v) is 6.46. The van der Waals surface area contributed by atoms with Crippen molar-refractivity contribution in [2.75, 3.05) is 6.61 Å². The zero-order chi connectivity index (χ0) is 15.3. The Hall–Kier alpha value is -1.71. The van der Waals surface area contributed by atoms with Crippen molar-refractivity contribution in [1.82, 2.24) is 0 Å². The highest BCUT2D eigenvalue weighted by atomic mass is 16.5. The van der Waals surface area contributed by atoms with Crippen LogP contribution in [0.2, 0.25) is 0 Å². The predicted octanol–water partition coefficient (Wildman–Crippen LogP) is 3.50. The number of nitrogens with two attached hydrogens (primary N) is 1. The number of aryl methyl sites for hydroxylation is 2. The quantitative estimate of drug-likeness (QED) is 0.277. The number of amidine groups is 1. The summed E-state index contributed by atoms with van der Waals surface area (Å²) in [5.74, 6) is 1.23. The first kappa shape index (κ1) is 15.7. The van der Waals surface area contributed by atoms with Gasteiger partial charge in [-0.05, 0) is 61.8 Å². The molecule has 0 saturated heterocycles. The number of benzene rings is 1. The van der Waals surface area contributed by atoms with Crippen molar-refractivity contribution in [2.45, 2.75) is 52.4 Å². The third-order valence-electron chi connectivity index (χ3n) is 4.34. The third-order valence-corrected chi connectivity index (χ3v) is 4.34. The van der Waals surface area contributed by atoms with Gasteiger partial charge in [-0.1, -0.05) is 25.1 Å². The highest BCUT2D eigenvalue weighted by molar-refractivity contribution is 5.85. The fourth-order valence-electron chi connectivity index (χ4n) is 2.77. The molecule has 0 radical (unpaired) electrons. The lowest BCUT2D eigenvalue weighted by atomic mass is 9.87. The number of nitrogens with zero attached hydrogens (tertiary/aromatic N) is 1. The standard InChI is InChI=1S/C17H26N2O2/c1-17(2,16(18)19-20)10-5-11-21-15-9-8-13-6-3-4-7-14(13)12-15/h8-9,12,20H,3-7,10-11H2,1-2H3,(H2,18,19). The minimum absolute atomic E-state index is 0.274. The van der Waals surface area contributed by atoms with Gasteiger partial charge in [-0.3, -0.25) is 0 Å². The van der Waals surface area contributed by atoms with Crippen LogP contribution in [0, 0.1) is 5.41 Å². The Bertz CT molecular complexity index is 510. The molecule has 116 valence electrons. The minimum Gasteiger partial charge on any atom is -0.494 e. The Morgan fingerprint density at radius 3 is 2.71 bits per heavy atom. The molecule has 21 heavy (non-hydrogen) atoms. The summed E-state index contributed by atoms with van der Waals surface area (Å²) in [6, 6.07) is 6.45. The van der Waals surface area contributed by atoms with Gasteiger partial charge in [0.25, 0.3) is 0 Å². The van der Waals surface area contributed by atoms with Gasteiger partial charge >= 0.3 is 0 Å². The molecule has 0 amide bonds. The predicted molar refractivity (Wildman–Crippen MR) is 85.0 cm³/mol. The summed E-state index contributed by atoms with van der Waals surface area (Å²) in [7, 11) is 0. The molecular weight excluding hydrogens is 264 g/mol. The molecule has 0 saturated carbocycles. The van der Waals surface area contributed by atoms with Crippen molar-refractivity contribution in [3.63, 3.8) is 0 Å². The van der Waals surface area contributed by atoms with Crippen LogP contribution in [0.5, 0.6) is 5.75 Å². The van der Waals surface area contributed by atoms with Gasteiger partial charge in [0, 0.05) is 5.41 Å². The maximum Gasteiger partial charge on any atom is 0.144 e. The third kappa shape index (κ3) is 4.13. The van der Waals surface area contributed by atoms with E-state index in [1.54, 1.807) is 0 Å². The van der Waals surface area contributed by atoms with E-state index in [9.17, 15) is 0 Å². The first-order valence-electron chi connectivity index (χ1n) is 7.75. The summed E-state index contributed by atoms with van der Waals surface area (Å²) in [6.45, 7) is 4.60. The van der Waals surface area contributed by atoms with Crippen molar-refractivity contribution < 1.29 is 9.94 Å². The van der Waals surface area contributed by atoms with Crippen molar-refractivity contribution in [2.24, 2.45) is 16.3 Å². The summed E-state index contributed by atoms with van der Waals surface area (Å²) in [6.07, 6.45) is 6.65. The molecule has 0 unspecified atom stereocenters. The summed E-state index contributed by atoms with van der Waals surface area (Å²) < 4.78 is 5.84. The fourth-order valence-corrected chi connectivity index (χ4v) is 2.77. The van der Waals surface area contributed by atoms with E-state index in [0.717, 1.165) is 18.6 Å². The number of ether oxygens (including phenoxy) is 1. The number of oxime groups is 1. The molecule has 1 aliphatic rings. The van der Waals surface area contributed by atoms with E-state index in [0.29, 0.717) is 6.61 Å². The van der Waals surface area contributed by atoms with Crippen molar-refractivity contribution in [1.29, 1.82) is 0 Å². The molecule has 0 atom stereocenters. The second-order valence-electron chi connectivity index (χ2n) is 6.46. The highest BCUT2D eigenvalue weighted by Gasteiger charge is 2.22. The van der Waals surface area contributed by atoms with Gasteiger partial charge in [0.2, 0.25) is 0 Å². The average Bonchev–Trinajstić information content (AvgIpc) is 2.50. The van der Waals surface area contributed by atoms with E-state index in [-0.39, 0.29) is 11.3 Å². The maximum atomic E-state index is 8.75.